The third-order valence-electron chi connectivity index (χ3n) is 12.8. The Morgan fingerprint density at radius 3 is 1.62 bits per heavy atom. The van der Waals surface area contributed by atoms with E-state index < -0.39 is 29.3 Å². The zero-order valence-corrected chi connectivity index (χ0v) is 45.4. The van der Waals surface area contributed by atoms with E-state index in [1.807, 2.05) is 136 Å². The molecule has 0 fully saturated rings. The molecule has 80 heavy (non-hydrogen) atoms. The second-order valence-electron chi connectivity index (χ2n) is 21.1. The molecular weight excluding hydrogens is 1010 g/mol. The lowest BCUT2D eigenvalue weighted by Crippen LogP contribution is -2.41. The molecule has 2 atom stereocenters. The Kier molecular flexibility index (Phi) is 16.6. The predicted octanol–water partition coefficient (Wildman–Crippen LogP) is 13.0. The van der Waals surface area contributed by atoms with E-state index in [0.717, 1.165) is 52.2 Å². The molecule has 2 aliphatic rings. The number of anilines is 8. The Morgan fingerprint density at radius 2 is 1.04 bits per heavy atom. The number of carbonyl (C=O) groups is 4. The minimum absolute atomic E-state index is 0.114. The van der Waals surface area contributed by atoms with Crippen molar-refractivity contribution in [3.63, 3.8) is 0 Å². The fourth-order valence-electron chi connectivity index (χ4n) is 9.03. The summed E-state index contributed by atoms with van der Waals surface area (Å²) in [5.74, 6) is 0.0555. The summed E-state index contributed by atoms with van der Waals surface area (Å²) in [5.41, 5.74) is 15.0. The van der Waals surface area contributed by atoms with Gasteiger partial charge in [0.15, 0.2) is 0 Å². The number of rotatable bonds is 11. The van der Waals surface area contributed by atoms with E-state index in [9.17, 15) is 19.2 Å². The summed E-state index contributed by atoms with van der Waals surface area (Å²) in [4.78, 5) is 70.8. The molecule has 2 aromatic heterocycles. The summed E-state index contributed by atoms with van der Waals surface area (Å²) in [6.45, 7) is 12.2. The number of nitrogens with zero attached hydrogens (tertiary/aromatic N) is 5. The summed E-state index contributed by atoms with van der Waals surface area (Å²) in [7, 11) is 0. The van der Waals surface area contributed by atoms with Crippen molar-refractivity contribution in [2.45, 2.75) is 77.7 Å². The maximum absolute atomic E-state index is 13.4. The van der Waals surface area contributed by atoms with Crippen LogP contribution in [0.3, 0.4) is 0 Å². The lowest BCUT2D eigenvalue weighted by Gasteiger charge is -2.35. The molecule has 0 aliphatic carbocycles. The molecule has 0 bridgehead atoms. The first kappa shape index (κ1) is 54.9. The number of benzene rings is 6. The van der Waals surface area contributed by atoms with Crippen LogP contribution in [0.5, 0.6) is 0 Å². The van der Waals surface area contributed by atoms with E-state index in [-0.39, 0.29) is 23.6 Å². The van der Waals surface area contributed by atoms with Crippen LogP contribution in [0.15, 0.2) is 170 Å². The van der Waals surface area contributed by atoms with Gasteiger partial charge < -0.3 is 41.8 Å². The average Bonchev–Trinajstić information content (AvgIpc) is 3.46. The largest absolute Gasteiger partial charge is 0.444 e. The van der Waals surface area contributed by atoms with Crippen LogP contribution in [-0.4, -0.2) is 68.2 Å². The third-order valence-corrected chi connectivity index (χ3v) is 12.8. The summed E-state index contributed by atoms with van der Waals surface area (Å²) in [6, 6.07) is 46.4. The molecule has 408 valence electrons. The highest BCUT2D eigenvalue weighted by molar-refractivity contribution is 6.07. The number of amides is 4. The molecule has 2 aliphatic heterocycles. The molecule has 18 heteroatoms. The first-order valence-electron chi connectivity index (χ1n) is 26.3. The van der Waals surface area contributed by atoms with Crippen molar-refractivity contribution in [2.75, 3.05) is 55.6 Å². The van der Waals surface area contributed by atoms with E-state index in [2.05, 4.69) is 64.0 Å². The van der Waals surface area contributed by atoms with Crippen molar-refractivity contribution in [1.29, 1.82) is 0 Å². The molecule has 0 saturated heterocycles. The normalized spacial score (nSPS) is 14.5. The van der Waals surface area contributed by atoms with Crippen LogP contribution in [-0.2, 0) is 9.47 Å². The number of hydrogen-bond donors (Lipinski definition) is 7. The molecule has 8 N–H and O–H groups in total. The van der Waals surface area contributed by atoms with Gasteiger partial charge >= 0.3 is 12.2 Å². The van der Waals surface area contributed by atoms with E-state index in [1.165, 1.54) is 30.4 Å². The van der Waals surface area contributed by atoms with Crippen LogP contribution < -0.4 is 42.5 Å². The molecule has 10 rings (SSSR count). The summed E-state index contributed by atoms with van der Waals surface area (Å²) in [5, 5.41) is 18.6. The number of aromatic nitrogens is 4. The lowest BCUT2D eigenvalue weighted by molar-refractivity contribution is 0.0574. The fraction of sp³-hybridized carbons (Fsp3) is 0.226. The van der Waals surface area contributed by atoms with Gasteiger partial charge in [0.25, 0.3) is 11.8 Å². The number of nitrogens with one attached hydrogen (secondary N) is 6. The predicted molar refractivity (Wildman–Crippen MR) is 315 cm³/mol. The van der Waals surface area contributed by atoms with Gasteiger partial charge in [-0.15, -0.1) is 0 Å². The van der Waals surface area contributed by atoms with Crippen LogP contribution in [0.1, 0.15) is 98.3 Å². The fourth-order valence-corrected chi connectivity index (χ4v) is 9.03. The van der Waals surface area contributed by atoms with Gasteiger partial charge in [-0.1, -0.05) is 109 Å². The number of nitrogen functional groups attached to an aromatic ring is 1. The van der Waals surface area contributed by atoms with Gasteiger partial charge in [0.1, 0.15) is 11.2 Å². The highest BCUT2D eigenvalue weighted by Gasteiger charge is 2.32. The van der Waals surface area contributed by atoms with Gasteiger partial charge in [0.2, 0.25) is 11.9 Å². The number of fused-ring (bicyclic) bond motifs is 2. The monoisotopic (exact) mass is 1070 g/mol. The van der Waals surface area contributed by atoms with E-state index >= 15 is 0 Å². The standard InChI is InChI=1S/C36H40N6O5.C26H24N6O/c1-35(2,3)46-33(44)41-28-17-16-24(23-12-8-7-9-13-23)20-29(28)39-31(43)25-21-37-32(38-22-25)40-27-18-19-42(34(45)47-36(4,5)6)30-15-11-10-14-26(27)30;27-21-11-10-18(17-6-2-1-3-7-17)14-24(21)31-25(33)19-15-29-26(30-16-19)32-23-12-13-28-22-9-5-4-8-20(22)23/h7-17,20-22,27H,18-19H2,1-6H3,(H,39,43)(H,41,44)(H,37,38,40);1-11,14-16,23,28H,12-13,27H2,(H,31,33)(H,29,30,32). The Balaban J connectivity index is 0.000000205. The molecule has 6 aromatic carbocycles. The summed E-state index contributed by atoms with van der Waals surface area (Å²) >= 11 is 0. The molecule has 2 unspecified atom stereocenters. The topological polar surface area (TPSA) is 240 Å². The quantitative estimate of drug-likeness (QED) is 0.0597. The van der Waals surface area contributed by atoms with Gasteiger partial charge in [-0.3, -0.25) is 19.8 Å². The van der Waals surface area contributed by atoms with Gasteiger partial charge in [-0.2, -0.15) is 0 Å². The smallest absolute Gasteiger partial charge is 0.414 e. The maximum Gasteiger partial charge on any atom is 0.414 e. The van der Waals surface area contributed by atoms with Crippen LogP contribution in [0.25, 0.3) is 22.3 Å². The van der Waals surface area contributed by atoms with Gasteiger partial charge in [-0.25, -0.2) is 29.5 Å². The zero-order chi connectivity index (χ0) is 56.4. The van der Waals surface area contributed by atoms with Crippen molar-refractivity contribution < 1.29 is 28.7 Å². The Labute approximate surface area is 465 Å². The minimum Gasteiger partial charge on any atom is -0.444 e. The van der Waals surface area contributed by atoms with Crippen LogP contribution in [0, 0.1) is 0 Å². The highest BCUT2D eigenvalue weighted by atomic mass is 16.6. The SMILES string of the molecule is CC(C)(C)OC(=O)Nc1ccc(-c2ccccc2)cc1NC(=O)c1cnc(NC2CCN(C(=O)OC(C)(C)C)c3ccccc32)nc1.Nc1ccc(-c2ccccc2)cc1NC(=O)c1cnc(NC2CCNc3ccccc32)nc1. The van der Waals surface area contributed by atoms with Crippen LogP contribution >= 0.6 is 0 Å². The summed E-state index contributed by atoms with van der Waals surface area (Å²) < 4.78 is 11.0. The van der Waals surface area contributed by atoms with Crippen molar-refractivity contribution in [2.24, 2.45) is 0 Å². The second-order valence-corrected chi connectivity index (χ2v) is 21.1. The third kappa shape index (κ3) is 14.2. The van der Waals surface area contributed by atoms with Gasteiger partial charge in [0, 0.05) is 43.6 Å². The van der Waals surface area contributed by atoms with E-state index in [4.69, 9.17) is 15.2 Å². The number of carbonyl (C=O) groups excluding carboxylic acids is 4. The average molecular weight is 1070 g/mol. The van der Waals surface area contributed by atoms with Crippen molar-refractivity contribution in [3.8, 4) is 22.3 Å². The first-order chi connectivity index (χ1) is 38.4. The second kappa shape index (κ2) is 24.2. The van der Waals surface area contributed by atoms with E-state index in [0.29, 0.717) is 53.2 Å². The zero-order valence-electron chi connectivity index (χ0n) is 45.4. The molecular formula is C62H64N12O6. The highest BCUT2D eigenvalue weighted by Crippen LogP contribution is 2.37. The van der Waals surface area contributed by atoms with E-state index in [1.54, 1.807) is 43.9 Å². The Morgan fingerprint density at radius 1 is 0.537 bits per heavy atom. The number of hydrogen-bond acceptors (Lipinski definition) is 14. The molecule has 0 saturated carbocycles. The minimum atomic E-state index is -0.693. The van der Waals surface area contributed by atoms with Crippen molar-refractivity contribution >= 4 is 70.0 Å². The lowest BCUT2D eigenvalue weighted by atomic mass is 9.96. The first-order valence-corrected chi connectivity index (χ1v) is 26.3. The van der Waals surface area contributed by atoms with Crippen molar-refractivity contribution in [1.82, 2.24) is 19.9 Å². The Bertz CT molecular complexity index is 3480. The molecule has 4 heterocycles. The van der Waals surface area contributed by atoms with Crippen LogP contribution in [0.4, 0.5) is 55.6 Å². The number of nitrogens with two attached hydrogens (primary N) is 1. The van der Waals surface area contributed by atoms with Gasteiger partial charge in [-0.05, 0) is 124 Å². The van der Waals surface area contributed by atoms with Crippen molar-refractivity contribution in [3.05, 3.63) is 193 Å². The molecule has 8 aromatic rings. The molecule has 18 nitrogen and oxygen atoms in total. The maximum atomic E-state index is 13.4. The number of para-hydroxylation sites is 2. The van der Waals surface area contributed by atoms with Gasteiger partial charge in [0.05, 0.1) is 51.6 Å². The Hall–Kier alpha value is -9.84. The molecule has 4 amide bonds. The molecule has 0 spiro atoms. The summed E-state index contributed by atoms with van der Waals surface area (Å²) in [6.07, 6.45) is 6.41. The number of ether oxygens (including phenoxy) is 2. The van der Waals surface area contributed by atoms with Crippen LogP contribution in [0.2, 0.25) is 0 Å². The molecule has 0 radical (unpaired) electrons.